The third kappa shape index (κ3) is 4.41. The third-order valence-corrected chi connectivity index (χ3v) is 6.37. The molecule has 11 heteroatoms. The van der Waals surface area contributed by atoms with E-state index in [1.54, 1.807) is 0 Å². The Labute approximate surface area is 198 Å². The number of thiophene rings is 1. The molecule has 0 saturated carbocycles. The SMILES string of the molecule is C/C(=N\NC(=S)Nc1cccc(-c2nn[nH]n2)c1)c1csc(-c2ccc3c(c2)CCO3)c1O. The van der Waals surface area contributed by atoms with Gasteiger partial charge in [0.05, 0.1) is 22.8 Å². The molecule has 0 bridgehead atoms. The van der Waals surface area contributed by atoms with Crippen molar-refractivity contribution in [2.45, 2.75) is 13.3 Å². The number of ether oxygens (including phenoxy) is 1. The number of H-pyrrole nitrogens is 1. The molecule has 5 rings (SSSR count). The fourth-order valence-electron chi connectivity index (χ4n) is 3.52. The number of aromatic hydroxyl groups is 1. The number of hydrogen-bond acceptors (Lipinski definition) is 8. The fraction of sp³-hybridized carbons (Fsp3) is 0.136. The molecule has 4 N–H and O–H groups in total. The minimum atomic E-state index is 0.202. The highest BCUT2D eigenvalue weighted by Gasteiger charge is 2.18. The second kappa shape index (κ2) is 8.96. The van der Waals surface area contributed by atoms with Gasteiger partial charge in [-0.2, -0.15) is 10.3 Å². The average molecular weight is 478 g/mol. The quantitative estimate of drug-likeness (QED) is 0.194. The van der Waals surface area contributed by atoms with E-state index in [4.69, 9.17) is 17.0 Å². The molecule has 166 valence electrons. The van der Waals surface area contributed by atoms with Crippen LogP contribution in [0.2, 0.25) is 0 Å². The van der Waals surface area contributed by atoms with Crippen LogP contribution in [0.15, 0.2) is 52.9 Å². The fourth-order valence-corrected chi connectivity index (χ4v) is 4.68. The van der Waals surface area contributed by atoms with Gasteiger partial charge >= 0.3 is 0 Å². The van der Waals surface area contributed by atoms with Gasteiger partial charge in [-0.25, -0.2) is 0 Å². The number of nitrogens with zero attached hydrogens (tertiary/aromatic N) is 4. The number of thiocarbonyl (C=S) groups is 1. The van der Waals surface area contributed by atoms with Crippen LogP contribution < -0.4 is 15.5 Å². The number of rotatable bonds is 5. The summed E-state index contributed by atoms with van der Waals surface area (Å²) in [4.78, 5) is 0.799. The lowest BCUT2D eigenvalue weighted by molar-refractivity contribution is 0.357. The van der Waals surface area contributed by atoms with E-state index in [0.717, 1.165) is 39.4 Å². The number of nitrogens with one attached hydrogen (secondary N) is 3. The largest absolute Gasteiger partial charge is 0.506 e. The molecule has 0 atom stereocenters. The Bertz CT molecular complexity index is 1350. The number of benzene rings is 2. The van der Waals surface area contributed by atoms with Crippen LogP contribution in [0.1, 0.15) is 18.1 Å². The molecule has 2 aromatic heterocycles. The second-order valence-electron chi connectivity index (χ2n) is 7.33. The summed E-state index contributed by atoms with van der Waals surface area (Å²) in [6.07, 6.45) is 0.884. The first-order valence-corrected chi connectivity index (χ1v) is 11.4. The summed E-state index contributed by atoms with van der Waals surface area (Å²) in [5, 5.41) is 34.4. The zero-order valence-corrected chi connectivity index (χ0v) is 19.1. The lowest BCUT2D eigenvalue weighted by Gasteiger charge is -2.09. The zero-order valence-electron chi connectivity index (χ0n) is 17.5. The predicted octanol–water partition coefficient (Wildman–Crippen LogP) is 3.95. The van der Waals surface area contributed by atoms with E-state index in [2.05, 4.69) is 42.5 Å². The summed E-state index contributed by atoms with van der Waals surface area (Å²) in [6.45, 7) is 2.52. The van der Waals surface area contributed by atoms with E-state index < -0.39 is 0 Å². The molecular weight excluding hydrogens is 458 g/mol. The van der Waals surface area contributed by atoms with Gasteiger partial charge in [-0.15, -0.1) is 21.5 Å². The van der Waals surface area contributed by atoms with Gasteiger partial charge in [0.15, 0.2) is 5.11 Å². The van der Waals surface area contributed by atoms with Gasteiger partial charge in [0.2, 0.25) is 5.82 Å². The molecule has 4 aromatic rings. The Morgan fingerprint density at radius 2 is 2.15 bits per heavy atom. The van der Waals surface area contributed by atoms with E-state index in [9.17, 15) is 5.11 Å². The van der Waals surface area contributed by atoms with Gasteiger partial charge in [0.25, 0.3) is 0 Å². The first kappa shape index (κ1) is 21.0. The van der Waals surface area contributed by atoms with Crippen LogP contribution in [0.5, 0.6) is 11.5 Å². The molecule has 0 fully saturated rings. The molecule has 1 aliphatic rings. The molecule has 0 radical (unpaired) electrons. The summed E-state index contributed by atoms with van der Waals surface area (Å²) in [5.41, 5.74) is 7.77. The normalized spacial score (nSPS) is 12.8. The van der Waals surface area contributed by atoms with Gasteiger partial charge < -0.3 is 15.2 Å². The molecule has 0 unspecified atom stereocenters. The predicted molar refractivity (Wildman–Crippen MR) is 132 cm³/mol. The van der Waals surface area contributed by atoms with Gasteiger partial charge in [-0.3, -0.25) is 5.43 Å². The van der Waals surface area contributed by atoms with Gasteiger partial charge in [0, 0.05) is 23.1 Å². The monoisotopic (exact) mass is 477 g/mol. The van der Waals surface area contributed by atoms with Crippen molar-refractivity contribution in [3.05, 3.63) is 59.0 Å². The first-order chi connectivity index (χ1) is 16.1. The molecule has 0 amide bonds. The Hall–Kier alpha value is -3.83. The van der Waals surface area contributed by atoms with Crippen molar-refractivity contribution in [2.24, 2.45) is 5.10 Å². The minimum Gasteiger partial charge on any atom is -0.506 e. The maximum Gasteiger partial charge on any atom is 0.204 e. The van der Waals surface area contributed by atoms with Crippen LogP contribution in [0.3, 0.4) is 0 Å². The van der Waals surface area contributed by atoms with Crippen LogP contribution >= 0.6 is 23.6 Å². The summed E-state index contributed by atoms with van der Waals surface area (Å²) in [7, 11) is 0. The van der Waals surface area contributed by atoms with Crippen molar-refractivity contribution in [3.63, 3.8) is 0 Å². The van der Waals surface area contributed by atoms with Crippen molar-refractivity contribution in [1.29, 1.82) is 0 Å². The van der Waals surface area contributed by atoms with Gasteiger partial charge in [-0.05, 0) is 65.8 Å². The van der Waals surface area contributed by atoms with Gasteiger partial charge in [-0.1, -0.05) is 12.1 Å². The van der Waals surface area contributed by atoms with E-state index >= 15 is 0 Å². The van der Waals surface area contributed by atoms with Crippen LogP contribution in [0.4, 0.5) is 5.69 Å². The second-order valence-corrected chi connectivity index (χ2v) is 8.62. The number of hydrazone groups is 1. The van der Waals surface area contributed by atoms with Crippen LogP contribution in [-0.2, 0) is 6.42 Å². The molecule has 3 heterocycles. The molecule has 33 heavy (non-hydrogen) atoms. The maximum absolute atomic E-state index is 10.8. The molecule has 0 aliphatic carbocycles. The summed E-state index contributed by atoms with van der Waals surface area (Å²) in [5.74, 6) is 1.61. The summed E-state index contributed by atoms with van der Waals surface area (Å²) >= 11 is 6.83. The smallest absolute Gasteiger partial charge is 0.204 e. The molecule has 9 nitrogen and oxygen atoms in total. The first-order valence-electron chi connectivity index (χ1n) is 10.1. The number of aromatic amines is 1. The average Bonchev–Trinajstić information content (AvgIpc) is 3.58. The van der Waals surface area contributed by atoms with Crippen LogP contribution in [-0.4, -0.2) is 43.2 Å². The number of hydrogen-bond donors (Lipinski definition) is 4. The third-order valence-electron chi connectivity index (χ3n) is 5.16. The molecule has 2 aromatic carbocycles. The van der Waals surface area contributed by atoms with Crippen molar-refractivity contribution in [3.8, 4) is 33.3 Å². The number of fused-ring (bicyclic) bond motifs is 1. The molecule has 0 spiro atoms. The Balaban J connectivity index is 1.27. The van der Waals surface area contributed by atoms with Crippen LogP contribution in [0.25, 0.3) is 21.8 Å². The van der Waals surface area contributed by atoms with E-state index in [1.165, 1.54) is 11.3 Å². The molecular formula is C22H19N7O2S2. The van der Waals surface area contributed by atoms with E-state index in [1.807, 2.05) is 48.7 Å². The lowest BCUT2D eigenvalue weighted by Crippen LogP contribution is -2.24. The van der Waals surface area contributed by atoms with Gasteiger partial charge in [0.1, 0.15) is 11.5 Å². The highest BCUT2D eigenvalue weighted by atomic mass is 32.1. The number of aromatic nitrogens is 4. The minimum absolute atomic E-state index is 0.202. The summed E-state index contributed by atoms with van der Waals surface area (Å²) < 4.78 is 5.57. The van der Waals surface area contributed by atoms with Crippen molar-refractivity contribution in [2.75, 3.05) is 11.9 Å². The highest BCUT2D eigenvalue weighted by Crippen LogP contribution is 2.40. The van der Waals surface area contributed by atoms with Crippen molar-refractivity contribution in [1.82, 2.24) is 26.0 Å². The van der Waals surface area contributed by atoms with Crippen LogP contribution in [0, 0.1) is 0 Å². The van der Waals surface area contributed by atoms with E-state index in [0.29, 0.717) is 28.8 Å². The maximum atomic E-state index is 10.8. The Morgan fingerprint density at radius 1 is 1.24 bits per heavy atom. The lowest BCUT2D eigenvalue weighted by atomic mass is 10.1. The topological polar surface area (TPSA) is 120 Å². The highest BCUT2D eigenvalue weighted by molar-refractivity contribution is 7.80. The molecule has 1 aliphatic heterocycles. The Morgan fingerprint density at radius 3 is 3.00 bits per heavy atom. The van der Waals surface area contributed by atoms with E-state index in [-0.39, 0.29) is 5.75 Å². The Kier molecular flexibility index (Phi) is 5.71. The van der Waals surface area contributed by atoms with Crippen molar-refractivity contribution >= 4 is 40.1 Å². The standard InChI is InChI=1S/C22H19N7O2S2/c1-12(17-11-33-20(19(17)30)14-5-6-18-13(9-14)7-8-31-18)24-27-22(32)23-16-4-2-3-15(10-16)21-25-28-29-26-21/h2-6,9-11,30H,7-8H2,1H3,(H2,23,27,32)(H,25,26,28,29)/b24-12+. The van der Waals surface area contributed by atoms with Crippen molar-refractivity contribution < 1.29 is 9.84 Å². The number of anilines is 1. The zero-order chi connectivity index (χ0) is 22.8. The summed E-state index contributed by atoms with van der Waals surface area (Å²) in [6, 6.07) is 13.5. The number of tetrazole rings is 1. The molecule has 0 saturated heterocycles.